The largest absolute Gasteiger partial charge is 0.481 e. The molecule has 1 aromatic rings. The molecule has 1 aliphatic heterocycles. The second-order valence-electron chi connectivity index (χ2n) is 6.34. The van der Waals surface area contributed by atoms with Crippen LogP contribution in [0.4, 0.5) is 0 Å². The van der Waals surface area contributed by atoms with E-state index in [0.717, 1.165) is 5.56 Å². The fraction of sp³-hybridized carbons (Fsp3) is 0.412. The van der Waals surface area contributed by atoms with Crippen molar-refractivity contribution in [3.63, 3.8) is 0 Å². The molecule has 0 saturated carbocycles. The van der Waals surface area contributed by atoms with Crippen LogP contribution in [-0.4, -0.2) is 34.1 Å². The van der Waals surface area contributed by atoms with Crippen molar-refractivity contribution in [3.8, 4) is 0 Å². The first-order chi connectivity index (χ1) is 11.3. The standard InChI is InChI=1S/C17H16O7/c1-7-2-3-8-9(11-6-13(18)24-17(11)23)5-12(15(19)20)14(16(21)22)10(8)4-7/h2-4,9,11-12,14H,5-6H2,1H3,(H,19,20)(H,21,22). The summed E-state index contributed by atoms with van der Waals surface area (Å²) < 4.78 is 4.59. The van der Waals surface area contributed by atoms with E-state index in [-0.39, 0.29) is 12.8 Å². The third-order valence-corrected chi connectivity index (χ3v) is 4.86. The fourth-order valence-corrected chi connectivity index (χ4v) is 3.78. The van der Waals surface area contributed by atoms with Crippen molar-refractivity contribution in [2.75, 3.05) is 0 Å². The molecule has 3 rings (SSSR count). The predicted molar refractivity (Wildman–Crippen MR) is 79.2 cm³/mol. The minimum atomic E-state index is -1.22. The first kappa shape index (κ1) is 16.2. The van der Waals surface area contributed by atoms with Crippen molar-refractivity contribution >= 4 is 23.9 Å². The topological polar surface area (TPSA) is 118 Å². The molecule has 2 aliphatic rings. The lowest BCUT2D eigenvalue weighted by Crippen LogP contribution is -2.37. The number of carboxylic acid groups (broad SMARTS) is 2. The molecule has 4 unspecified atom stereocenters. The van der Waals surface area contributed by atoms with Crippen LogP contribution in [0.1, 0.15) is 41.4 Å². The zero-order chi connectivity index (χ0) is 17.6. The van der Waals surface area contributed by atoms with Gasteiger partial charge in [0.05, 0.1) is 24.2 Å². The van der Waals surface area contributed by atoms with Crippen LogP contribution in [0.5, 0.6) is 0 Å². The van der Waals surface area contributed by atoms with E-state index in [4.69, 9.17) is 0 Å². The van der Waals surface area contributed by atoms with Gasteiger partial charge >= 0.3 is 23.9 Å². The summed E-state index contributed by atoms with van der Waals surface area (Å²) >= 11 is 0. The predicted octanol–water partition coefficient (Wildman–Crippen LogP) is 1.44. The number of carboxylic acids is 2. The second-order valence-corrected chi connectivity index (χ2v) is 6.34. The molecule has 126 valence electrons. The van der Waals surface area contributed by atoms with E-state index in [0.29, 0.717) is 11.1 Å². The summed E-state index contributed by atoms with van der Waals surface area (Å²) in [5.74, 6) is -7.39. The molecule has 7 heteroatoms. The molecule has 7 nitrogen and oxygen atoms in total. The molecule has 24 heavy (non-hydrogen) atoms. The van der Waals surface area contributed by atoms with Crippen molar-refractivity contribution in [1.82, 2.24) is 0 Å². The molecular formula is C17H16O7. The summed E-state index contributed by atoms with van der Waals surface area (Å²) in [5.41, 5.74) is 1.82. The number of aliphatic carboxylic acids is 2. The number of esters is 2. The Labute approximate surface area is 137 Å². The molecule has 4 atom stereocenters. The Morgan fingerprint density at radius 1 is 1.08 bits per heavy atom. The number of fused-ring (bicyclic) bond motifs is 1. The SMILES string of the molecule is Cc1ccc2c(c1)C(C(=O)O)C(C(=O)O)CC2C1CC(=O)OC1=O. The van der Waals surface area contributed by atoms with Crippen molar-refractivity contribution in [1.29, 1.82) is 0 Å². The number of ether oxygens (including phenoxy) is 1. The van der Waals surface area contributed by atoms with Crippen LogP contribution >= 0.6 is 0 Å². The highest BCUT2D eigenvalue weighted by Gasteiger charge is 2.49. The molecule has 2 N–H and O–H groups in total. The number of carbonyl (C=O) groups is 4. The van der Waals surface area contributed by atoms with Gasteiger partial charge in [-0.1, -0.05) is 23.8 Å². The molecule has 0 radical (unpaired) electrons. The van der Waals surface area contributed by atoms with Gasteiger partial charge in [0, 0.05) is 0 Å². The van der Waals surface area contributed by atoms with Gasteiger partial charge in [0.2, 0.25) is 0 Å². The monoisotopic (exact) mass is 332 g/mol. The van der Waals surface area contributed by atoms with Crippen molar-refractivity contribution in [2.24, 2.45) is 11.8 Å². The average molecular weight is 332 g/mol. The zero-order valence-corrected chi connectivity index (χ0v) is 12.9. The van der Waals surface area contributed by atoms with Crippen LogP contribution in [0, 0.1) is 18.8 Å². The number of hydrogen-bond acceptors (Lipinski definition) is 5. The van der Waals surface area contributed by atoms with Gasteiger partial charge in [-0.15, -0.1) is 0 Å². The van der Waals surface area contributed by atoms with E-state index >= 15 is 0 Å². The highest BCUT2D eigenvalue weighted by Crippen LogP contribution is 2.48. The van der Waals surface area contributed by atoms with E-state index in [1.54, 1.807) is 25.1 Å². The van der Waals surface area contributed by atoms with Gasteiger partial charge in [0.1, 0.15) is 0 Å². The van der Waals surface area contributed by atoms with Gasteiger partial charge in [-0.3, -0.25) is 19.2 Å². The van der Waals surface area contributed by atoms with Gasteiger partial charge in [-0.25, -0.2) is 0 Å². The Bertz CT molecular complexity index is 751. The molecular weight excluding hydrogens is 316 g/mol. The summed E-state index contributed by atoms with van der Waals surface area (Å²) in [6.07, 6.45) is -0.129. The third-order valence-electron chi connectivity index (χ3n) is 4.86. The lowest BCUT2D eigenvalue weighted by Gasteiger charge is -2.35. The number of hydrogen-bond donors (Lipinski definition) is 2. The number of cyclic esters (lactones) is 2. The number of benzene rings is 1. The average Bonchev–Trinajstić information content (AvgIpc) is 2.83. The lowest BCUT2D eigenvalue weighted by molar-refractivity contribution is -0.154. The van der Waals surface area contributed by atoms with Crippen molar-refractivity contribution in [2.45, 2.75) is 31.6 Å². The summed E-state index contributed by atoms with van der Waals surface area (Å²) in [6.45, 7) is 1.78. The van der Waals surface area contributed by atoms with Crippen LogP contribution < -0.4 is 0 Å². The molecule has 0 bridgehead atoms. The van der Waals surface area contributed by atoms with Gasteiger partial charge in [-0.05, 0) is 30.4 Å². The number of aryl methyl sites for hydroxylation is 1. The van der Waals surface area contributed by atoms with E-state index in [1.807, 2.05) is 0 Å². The Morgan fingerprint density at radius 2 is 1.79 bits per heavy atom. The molecule has 1 aliphatic carbocycles. The minimum absolute atomic E-state index is 0.0184. The highest BCUT2D eigenvalue weighted by molar-refractivity contribution is 5.95. The second kappa shape index (κ2) is 5.74. The Morgan fingerprint density at radius 3 is 2.33 bits per heavy atom. The first-order valence-corrected chi connectivity index (χ1v) is 7.60. The Kier molecular flexibility index (Phi) is 3.87. The van der Waals surface area contributed by atoms with Crippen LogP contribution in [-0.2, 0) is 23.9 Å². The highest BCUT2D eigenvalue weighted by atomic mass is 16.6. The van der Waals surface area contributed by atoms with Crippen LogP contribution in [0.3, 0.4) is 0 Å². The van der Waals surface area contributed by atoms with Crippen LogP contribution in [0.25, 0.3) is 0 Å². The molecule has 1 heterocycles. The fourth-order valence-electron chi connectivity index (χ4n) is 3.78. The summed E-state index contributed by atoms with van der Waals surface area (Å²) in [4.78, 5) is 46.7. The van der Waals surface area contributed by atoms with E-state index in [1.165, 1.54) is 0 Å². The Balaban J connectivity index is 2.13. The minimum Gasteiger partial charge on any atom is -0.481 e. The summed E-state index contributed by atoms with van der Waals surface area (Å²) in [6, 6.07) is 5.16. The zero-order valence-electron chi connectivity index (χ0n) is 12.9. The normalized spacial score (nSPS) is 29.0. The Hall–Kier alpha value is -2.70. The smallest absolute Gasteiger partial charge is 0.317 e. The molecule has 1 fully saturated rings. The molecule has 0 aromatic heterocycles. The maximum Gasteiger partial charge on any atom is 0.317 e. The van der Waals surface area contributed by atoms with Gasteiger partial charge in [0.25, 0.3) is 0 Å². The number of carbonyl (C=O) groups excluding carboxylic acids is 2. The maximum atomic E-state index is 11.9. The molecule has 1 aromatic carbocycles. The lowest BCUT2D eigenvalue weighted by atomic mass is 9.66. The van der Waals surface area contributed by atoms with Crippen molar-refractivity contribution < 1.29 is 34.1 Å². The van der Waals surface area contributed by atoms with Crippen molar-refractivity contribution in [3.05, 3.63) is 34.9 Å². The van der Waals surface area contributed by atoms with E-state index in [9.17, 15) is 29.4 Å². The van der Waals surface area contributed by atoms with Gasteiger partial charge < -0.3 is 14.9 Å². The maximum absolute atomic E-state index is 11.9. The van der Waals surface area contributed by atoms with E-state index < -0.39 is 47.5 Å². The quantitative estimate of drug-likeness (QED) is 0.635. The van der Waals surface area contributed by atoms with Gasteiger partial charge in [-0.2, -0.15) is 0 Å². The summed E-state index contributed by atoms with van der Waals surface area (Å²) in [5, 5.41) is 19.0. The molecule has 0 amide bonds. The summed E-state index contributed by atoms with van der Waals surface area (Å²) in [7, 11) is 0. The number of rotatable bonds is 3. The molecule has 0 spiro atoms. The third kappa shape index (κ3) is 2.55. The van der Waals surface area contributed by atoms with E-state index in [2.05, 4.69) is 4.74 Å². The first-order valence-electron chi connectivity index (χ1n) is 7.60. The molecule has 1 saturated heterocycles. The van der Waals surface area contributed by atoms with Gasteiger partial charge in [0.15, 0.2) is 0 Å². The van der Waals surface area contributed by atoms with Crippen LogP contribution in [0.2, 0.25) is 0 Å². The van der Waals surface area contributed by atoms with Crippen LogP contribution in [0.15, 0.2) is 18.2 Å².